The third-order valence-electron chi connectivity index (χ3n) is 3.42. The summed E-state index contributed by atoms with van der Waals surface area (Å²) in [6.07, 6.45) is 4.71. The summed E-state index contributed by atoms with van der Waals surface area (Å²) in [5.74, 6) is 0. The van der Waals surface area contributed by atoms with Crippen molar-refractivity contribution in [3.05, 3.63) is 52.3 Å². The van der Waals surface area contributed by atoms with Gasteiger partial charge in [0.25, 0.3) is 0 Å². The zero-order chi connectivity index (χ0) is 13.3. The average Bonchev–Trinajstić information content (AvgIpc) is 2.70. The van der Waals surface area contributed by atoms with Gasteiger partial charge in [-0.3, -0.25) is 4.68 Å². The third kappa shape index (κ3) is 2.62. The number of rotatable bonds is 3. The van der Waals surface area contributed by atoms with Crippen molar-refractivity contribution < 1.29 is 0 Å². The van der Waals surface area contributed by atoms with Crippen molar-refractivity contribution in [2.75, 3.05) is 0 Å². The minimum Gasteiger partial charge on any atom is -0.324 e. The van der Waals surface area contributed by atoms with Crippen LogP contribution in [0.2, 0.25) is 0 Å². The highest BCUT2D eigenvalue weighted by Gasteiger charge is 2.12. The van der Waals surface area contributed by atoms with Gasteiger partial charge in [0.15, 0.2) is 0 Å². The lowest BCUT2D eigenvalue weighted by Gasteiger charge is -2.15. The summed E-state index contributed by atoms with van der Waals surface area (Å²) in [5.41, 5.74) is 12.7. The molecule has 0 radical (unpaired) electrons. The Kier molecular flexibility index (Phi) is 3.53. The van der Waals surface area contributed by atoms with Crippen LogP contribution in [0.3, 0.4) is 0 Å². The molecule has 0 aliphatic heterocycles. The van der Waals surface area contributed by atoms with Gasteiger partial charge in [-0.25, -0.2) is 0 Å². The van der Waals surface area contributed by atoms with Crippen molar-refractivity contribution in [3.63, 3.8) is 0 Å². The maximum Gasteiger partial charge on any atom is 0.0537 e. The quantitative estimate of drug-likeness (QED) is 0.900. The van der Waals surface area contributed by atoms with Crippen LogP contribution in [0.1, 0.15) is 33.9 Å². The van der Waals surface area contributed by atoms with E-state index in [1.807, 2.05) is 19.4 Å². The van der Waals surface area contributed by atoms with Crippen molar-refractivity contribution in [1.82, 2.24) is 9.78 Å². The van der Waals surface area contributed by atoms with E-state index in [-0.39, 0.29) is 6.04 Å². The van der Waals surface area contributed by atoms with E-state index >= 15 is 0 Å². The van der Waals surface area contributed by atoms with Gasteiger partial charge in [0.1, 0.15) is 0 Å². The number of nitrogens with zero attached hydrogens (tertiary/aromatic N) is 2. The van der Waals surface area contributed by atoms with E-state index in [0.29, 0.717) is 0 Å². The van der Waals surface area contributed by atoms with E-state index in [1.54, 1.807) is 4.68 Å². The number of hydrogen-bond donors (Lipinski definition) is 1. The summed E-state index contributed by atoms with van der Waals surface area (Å²) in [5, 5.41) is 4.17. The molecule has 1 heterocycles. The summed E-state index contributed by atoms with van der Waals surface area (Å²) in [4.78, 5) is 0. The van der Waals surface area contributed by atoms with E-state index in [9.17, 15) is 0 Å². The van der Waals surface area contributed by atoms with Gasteiger partial charge in [-0.15, -0.1) is 0 Å². The van der Waals surface area contributed by atoms with Gasteiger partial charge in [-0.2, -0.15) is 5.10 Å². The number of benzene rings is 1. The van der Waals surface area contributed by atoms with Crippen LogP contribution >= 0.6 is 0 Å². The molecule has 1 aromatic heterocycles. The summed E-state index contributed by atoms with van der Waals surface area (Å²) in [6, 6.07) is 4.45. The lowest BCUT2D eigenvalue weighted by Crippen LogP contribution is -2.14. The molecular formula is C15H21N3. The maximum atomic E-state index is 6.26. The molecule has 0 fully saturated rings. The molecule has 0 amide bonds. The van der Waals surface area contributed by atoms with Crippen molar-refractivity contribution in [1.29, 1.82) is 0 Å². The first-order chi connectivity index (χ1) is 8.47. The van der Waals surface area contributed by atoms with Gasteiger partial charge < -0.3 is 5.73 Å². The van der Waals surface area contributed by atoms with Crippen molar-refractivity contribution in [2.24, 2.45) is 12.8 Å². The van der Waals surface area contributed by atoms with Crippen LogP contribution in [0.5, 0.6) is 0 Å². The summed E-state index contributed by atoms with van der Waals surface area (Å²) < 4.78 is 1.80. The van der Waals surface area contributed by atoms with Crippen LogP contribution in [-0.4, -0.2) is 9.78 Å². The van der Waals surface area contributed by atoms with E-state index in [2.05, 4.69) is 38.0 Å². The zero-order valence-electron chi connectivity index (χ0n) is 11.6. The van der Waals surface area contributed by atoms with Crippen LogP contribution in [0, 0.1) is 20.8 Å². The first-order valence-electron chi connectivity index (χ1n) is 6.28. The van der Waals surface area contributed by atoms with E-state index < -0.39 is 0 Å². The Morgan fingerprint density at radius 1 is 1.22 bits per heavy atom. The van der Waals surface area contributed by atoms with Gasteiger partial charge in [0.05, 0.1) is 6.20 Å². The Bertz CT molecular complexity index is 532. The predicted octanol–water partition coefficient (Wildman–Crippen LogP) is 2.59. The smallest absolute Gasteiger partial charge is 0.0537 e. The highest BCUT2D eigenvalue weighted by atomic mass is 15.2. The van der Waals surface area contributed by atoms with E-state index in [1.165, 1.54) is 22.3 Å². The monoisotopic (exact) mass is 243 g/mol. The number of hydrogen-bond acceptors (Lipinski definition) is 2. The van der Waals surface area contributed by atoms with Crippen molar-refractivity contribution in [2.45, 2.75) is 33.2 Å². The van der Waals surface area contributed by atoms with Crippen LogP contribution in [0.25, 0.3) is 0 Å². The third-order valence-corrected chi connectivity index (χ3v) is 3.42. The molecule has 0 aliphatic rings. The van der Waals surface area contributed by atoms with E-state index in [4.69, 9.17) is 5.73 Å². The fourth-order valence-electron chi connectivity index (χ4n) is 2.50. The Morgan fingerprint density at radius 3 is 2.33 bits per heavy atom. The van der Waals surface area contributed by atoms with Gasteiger partial charge in [-0.1, -0.05) is 17.7 Å². The fraction of sp³-hybridized carbons (Fsp3) is 0.400. The average molecular weight is 243 g/mol. The van der Waals surface area contributed by atoms with Gasteiger partial charge >= 0.3 is 0 Å². The summed E-state index contributed by atoms with van der Waals surface area (Å²) >= 11 is 0. The lowest BCUT2D eigenvalue weighted by molar-refractivity contribution is 0.711. The first-order valence-corrected chi connectivity index (χ1v) is 6.28. The lowest BCUT2D eigenvalue weighted by atomic mass is 9.93. The normalized spacial score (nSPS) is 12.7. The first kappa shape index (κ1) is 12.8. The molecule has 2 aromatic rings. The minimum absolute atomic E-state index is 0.0128. The molecule has 0 aliphatic carbocycles. The standard InChI is InChI=1S/C15H21N3/c1-10-5-11(2)14(12(3)6-10)7-15(16)13-8-17-18(4)9-13/h5-6,8-9,15H,7,16H2,1-4H3. The predicted molar refractivity (Wildman–Crippen MR) is 74.5 cm³/mol. The molecule has 2 rings (SSSR count). The molecule has 1 atom stereocenters. The maximum absolute atomic E-state index is 6.26. The van der Waals surface area contributed by atoms with Crippen LogP contribution in [0.15, 0.2) is 24.5 Å². The SMILES string of the molecule is Cc1cc(C)c(CC(N)c2cnn(C)c2)c(C)c1. The second kappa shape index (κ2) is 4.94. The van der Waals surface area contributed by atoms with Crippen LogP contribution < -0.4 is 5.73 Å². The van der Waals surface area contributed by atoms with Crippen molar-refractivity contribution >= 4 is 0 Å². The molecule has 0 saturated heterocycles. The number of nitrogens with two attached hydrogens (primary N) is 1. The van der Waals surface area contributed by atoms with E-state index in [0.717, 1.165) is 12.0 Å². The Morgan fingerprint density at radius 2 is 1.83 bits per heavy atom. The molecule has 3 nitrogen and oxygen atoms in total. The number of aromatic nitrogens is 2. The summed E-state index contributed by atoms with van der Waals surface area (Å²) in [7, 11) is 1.92. The molecule has 2 N–H and O–H groups in total. The molecule has 0 bridgehead atoms. The molecule has 0 spiro atoms. The summed E-state index contributed by atoms with van der Waals surface area (Å²) in [6.45, 7) is 6.45. The topological polar surface area (TPSA) is 43.8 Å². The highest BCUT2D eigenvalue weighted by molar-refractivity contribution is 5.38. The molecule has 18 heavy (non-hydrogen) atoms. The Balaban J connectivity index is 2.24. The molecular weight excluding hydrogens is 222 g/mol. The Hall–Kier alpha value is -1.61. The van der Waals surface area contributed by atoms with Gasteiger partial charge in [0.2, 0.25) is 0 Å². The largest absolute Gasteiger partial charge is 0.324 e. The molecule has 3 heteroatoms. The van der Waals surface area contributed by atoms with Crippen molar-refractivity contribution in [3.8, 4) is 0 Å². The molecule has 1 unspecified atom stereocenters. The van der Waals surface area contributed by atoms with Crippen LogP contribution in [-0.2, 0) is 13.5 Å². The molecule has 96 valence electrons. The molecule has 0 saturated carbocycles. The fourth-order valence-corrected chi connectivity index (χ4v) is 2.50. The Labute approximate surface area is 109 Å². The molecule has 1 aromatic carbocycles. The van der Waals surface area contributed by atoms with Gasteiger partial charge in [0, 0.05) is 24.8 Å². The zero-order valence-corrected chi connectivity index (χ0v) is 11.6. The number of aryl methyl sites for hydroxylation is 4. The highest BCUT2D eigenvalue weighted by Crippen LogP contribution is 2.22. The van der Waals surface area contributed by atoms with Crippen LogP contribution in [0.4, 0.5) is 0 Å². The minimum atomic E-state index is 0.0128. The second-order valence-electron chi connectivity index (χ2n) is 5.14. The van der Waals surface area contributed by atoms with Gasteiger partial charge in [-0.05, 0) is 43.9 Å². The second-order valence-corrected chi connectivity index (χ2v) is 5.14.